The Bertz CT molecular complexity index is 762. The summed E-state index contributed by atoms with van der Waals surface area (Å²) in [5, 5.41) is 3.04. The lowest BCUT2D eigenvalue weighted by atomic mass is 10.1. The van der Waals surface area contributed by atoms with Crippen molar-refractivity contribution in [3.05, 3.63) is 71.3 Å². The number of hydrogen-bond donors (Lipinski definition) is 1. The van der Waals surface area contributed by atoms with E-state index in [-0.39, 0.29) is 6.03 Å². The van der Waals surface area contributed by atoms with Crippen LogP contribution in [-0.4, -0.2) is 48.6 Å². The maximum Gasteiger partial charge on any atom is 0.321 e. The quantitative estimate of drug-likeness (QED) is 0.899. The molecule has 1 heterocycles. The van der Waals surface area contributed by atoms with E-state index in [4.69, 9.17) is 0 Å². The Kier molecular flexibility index (Phi) is 6.08. The molecule has 26 heavy (non-hydrogen) atoms. The lowest BCUT2D eigenvalue weighted by Gasteiger charge is -2.34. The fourth-order valence-corrected chi connectivity index (χ4v) is 3.18. The third-order valence-electron chi connectivity index (χ3n) is 4.76. The second-order valence-corrected chi connectivity index (χ2v) is 6.85. The lowest BCUT2D eigenvalue weighted by molar-refractivity contribution is 0.156. The predicted octanol–water partition coefficient (Wildman–Crippen LogP) is 4.17. The summed E-state index contributed by atoms with van der Waals surface area (Å²) in [6.07, 6.45) is 4.35. The molecule has 3 rings (SSSR count). The van der Waals surface area contributed by atoms with Gasteiger partial charge in [0.25, 0.3) is 0 Å². The molecule has 0 atom stereocenters. The number of urea groups is 1. The van der Waals surface area contributed by atoms with Crippen LogP contribution in [0.3, 0.4) is 0 Å². The average Bonchev–Trinajstić information content (AvgIpc) is 2.65. The Morgan fingerprint density at radius 3 is 2.46 bits per heavy atom. The van der Waals surface area contributed by atoms with E-state index in [1.54, 1.807) is 0 Å². The van der Waals surface area contributed by atoms with Gasteiger partial charge in [-0.15, -0.1) is 0 Å². The Morgan fingerprint density at radius 1 is 1.04 bits per heavy atom. The zero-order valence-corrected chi connectivity index (χ0v) is 15.6. The second-order valence-electron chi connectivity index (χ2n) is 6.85. The Hall–Kier alpha value is -2.59. The number of nitrogens with zero attached hydrogens (tertiary/aromatic N) is 2. The molecule has 4 heteroatoms. The van der Waals surface area contributed by atoms with Crippen LogP contribution in [0.5, 0.6) is 0 Å². The number of amides is 2. The highest BCUT2D eigenvalue weighted by Gasteiger charge is 2.20. The van der Waals surface area contributed by atoms with E-state index in [0.717, 1.165) is 44.0 Å². The van der Waals surface area contributed by atoms with Crippen LogP contribution in [-0.2, 0) is 0 Å². The van der Waals surface area contributed by atoms with Crippen molar-refractivity contribution in [2.24, 2.45) is 0 Å². The molecule has 0 unspecified atom stereocenters. The van der Waals surface area contributed by atoms with Crippen LogP contribution in [0, 0.1) is 13.8 Å². The first-order chi connectivity index (χ1) is 12.6. The standard InChI is InChI=1S/C22H27N3O/c1-18-10-11-21(19(2)17-18)23-22(26)25-15-13-24(14-16-25)12-6-9-20-7-4-3-5-8-20/h3-11,17H,12-16H2,1-2H3,(H,23,26)/b9-6+. The van der Waals surface area contributed by atoms with Crippen molar-refractivity contribution < 1.29 is 4.79 Å². The molecule has 2 amide bonds. The Morgan fingerprint density at radius 2 is 1.77 bits per heavy atom. The fraction of sp³-hybridized carbons (Fsp3) is 0.318. The van der Waals surface area contributed by atoms with Gasteiger partial charge >= 0.3 is 6.03 Å². The highest BCUT2D eigenvalue weighted by Crippen LogP contribution is 2.17. The number of carbonyl (C=O) groups is 1. The largest absolute Gasteiger partial charge is 0.322 e. The normalized spacial score (nSPS) is 15.4. The highest BCUT2D eigenvalue weighted by atomic mass is 16.2. The van der Waals surface area contributed by atoms with Gasteiger partial charge in [0.15, 0.2) is 0 Å². The molecule has 0 radical (unpaired) electrons. The molecule has 0 aromatic heterocycles. The van der Waals surface area contributed by atoms with Crippen LogP contribution in [0.25, 0.3) is 6.08 Å². The van der Waals surface area contributed by atoms with E-state index in [1.807, 2.05) is 42.2 Å². The van der Waals surface area contributed by atoms with Gasteiger partial charge in [0.1, 0.15) is 0 Å². The summed E-state index contributed by atoms with van der Waals surface area (Å²) in [4.78, 5) is 16.8. The number of aryl methyl sites for hydroxylation is 2. The van der Waals surface area contributed by atoms with E-state index in [9.17, 15) is 4.79 Å². The maximum atomic E-state index is 12.5. The van der Waals surface area contributed by atoms with Crippen LogP contribution < -0.4 is 5.32 Å². The van der Waals surface area contributed by atoms with Crippen molar-refractivity contribution in [3.8, 4) is 0 Å². The fourth-order valence-electron chi connectivity index (χ4n) is 3.18. The molecule has 1 aliphatic rings. The smallest absolute Gasteiger partial charge is 0.321 e. The summed E-state index contributed by atoms with van der Waals surface area (Å²) in [6, 6.07) is 16.4. The summed E-state index contributed by atoms with van der Waals surface area (Å²) in [5.74, 6) is 0. The molecule has 1 aliphatic heterocycles. The minimum absolute atomic E-state index is 0.00330. The number of rotatable bonds is 4. The van der Waals surface area contributed by atoms with Crippen molar-refractivity contribution in [3.63, 3.8) is 0 Å². The average molecular weight is 349 g/mol. The highest BCUT2D eigenvalue weighted by molar-refractivity contribution is 5.90. The van der Waals surface area contributed by atoms with Gasteiger partial charge in [0.2, 0.25) is 0 Å². The van der Waals surface area contributed by atoms with Crippen LogP contribution >= 0.6 is 0 Å². The van der Waals surface area contributed by atoms with Gasteiger partial charge in [-0.1, -0.05) is 60.2 Å². The van der Waals surface area contributed by atoms with E-state index >= 15 is 0 Å². The first-order valence-electron chi connectivity index (χ1n) is 9.19. The molecule has 1 N–H and O–H groups in total. The van der Waals surface area contributed by atoms with Crippen molar-refractivity contribution in [1.29, 1.82) is 0 Å². The molecule has 0 aliphatic carbocycles. The van der Waals surface area contributed by atoms with E-state index in [2.05, 4.69) is 47.5 Å². The molecule has 0 spiro atoms. The van der Waals surface area contributed by atoms with Gasteiger partial charge < -0.3 is 10.2 Å². The number of carbonyl (C=O) groups excluding carboxylic acids is 1. The summed E-state index contributed by atoms with van der Waals surface area (Å²) < 4.78 is 0. The third-order valence-corrected chi connectivity index (χ3v) is 4.76. The number of piperazine rings is 1. The first kappa shape index (κ1) is 18.2. The Balaban J connectivity index is 1.45. The summed E-state index contributed by atoms with van der Waals surface area (Å²) in [5.41, 5.74) is 4.42. The predicted molar refractivity (Wildman–Crippen MR) is 108 cm³/mol. The van der Waals surface area contributed by atoms with Gasteiger partial charge in [0.05, 0.1) is 0 Å². The molecule has 2 aromatic carbocycles. The van der Waals surface area contributed by atoms with Crippen LogP contribution in [0.15, 0.2) is 54.6 Å². The molecule has 4 nitrogen and oxygen atoms in total. The molecular weight excluding hydrogens is 322 g/mol. The number of benzene rings is 2. The summed E-state index contributed by atoms with van der Waals surface area (Å²) in [7, 11) is 0. The molecule has 2 aromatic rings. The zero-order chi connectivity index (χ0) is 18.4. The molecule has 0 saturated carbocycles. The minimum Gasteiger partial charge on any atom is -0.322 e. The monoisotopic (exact) mass is 349 g/mol. The zero-order valence-electron chi connectivity index (χ0n) is 15.6. The minimum atomic E-state index is -0.00330. The second kappa shape index (κ2) is 8.68. The molecule has 0 bridgehead atoms. The summed E-state index contributed by atoms with van der Waals surface area (Å²) >= 11 is 0. The van der Waals surface area contributed by atoms with Crippen molar-refractivity contribution >= 4 is 17.8 Å². The van der Waals surface area contributed by atoms with E-state index < -0.39 is 0 Å². The Labute approximate surface area is 156 Å². The summed E-state index contributed by atoms with van der Waals surface area (Å²) in [6.45, 7) is 8.33. The van der Waals surface area contributed by atoms with E-state index in [0.29, 0.717) is 0 Å². The van der Waals surface area contributed by atoms with Gasteiger partial charge in [-0.05, 0) is 31.0 Å². The molecule has 1 fully saturated rings. The number of anilines is 1. The van der Waals surface area contributed by atoms with Gasteiger partial charge in [-0.25, -0.2) is 4.79 Å². The van der Waals surface area contributed by atoms with Crippen molar-refractivity contribution in [1.82, 2.24) is 9.80 Å². The van der Waals surface area contributed by atoms with Crippen molar-refractivity contribution in [2.75, 3.05) is 38.0 Å². The third kappa shape index (κ3) is 4.96. The molecule has 1 saturated heterocycles. The van der Waals surface area contributed by atoms with Crippen LogP contribution in [0.4, 0.5) is 10.5 Å². The molecular formula is C22H27N3O. The maximum absolute atomic E-state index is 12.5. The topological polar surface area (TPSA) is 35.6 Å². The van der Waals surface area contributed by atoms with Crippen LogP contribution in [0.1, 0.15) is 16.7 Å². The van der Waals surface area contributed by atoms with E-state index in [1.165, 1.54) is 11.1 Å². The van der Waals surface area contributed by atoms with Gasteiger partial charge in [0, 0.05) is 38.4 Å². The number of nitrogens with one attached hydrogen (secondary N) is 1. The van der Waals surface area contributed by atoms with Crippen molar-refractivity contribution in [2.45, 2.75) is 13.8 Å². The van der Waals surface area contributed by atoms with Gasteiger partial charge in [-0.2, -0.15) is 0 Å². The SMILES string of the molecule is Cc1ccc(NC(=O)N2CCN(C/C=C/c3ccccc3)CC2)c(C)c1. The number of hydrogen-bond acceptors (Lipinski definition) is 2. The lowest BCUT2D eigenvalue weighted by Crippen LogP contribution is -2.50. The first-order valence-corrected chi connectivity index (χ1v) is 9.19. The van der Waals surface area contributed by atoms with Gasteiger partial charge in [-0.3, -0.25) is 4.90 Å². The van der Waals surface area contributed by atoms with Crippen LogP contribution in [0.2, 0.25) is 0 Å². The molecule has 136 valence electrons.